The molecule has 7 heteroatoms. The molecule has 0 spiro atoms. The molecule has 1 N–H and O–H groups in total. The van der Waals surface area contributed by atoms with Crippen LogP contribution in [0.1, 0.15) is 25.3 Å². The molecular weight excluding hydrogens is 326 g/mol. The lowest BCUT2D eigenvalue weighted by Crippen LogP contribution is -2.34. The summed E-state index contributed by atoms with van der Waals surface area (Å²) < 4.78 is 33.0. The quantitative estimate of drug-likeness (QED) is 0.602. The number of hydrogen-bond acceptors (Lipinski definition) is 5. The molecule has 24 heavy (non-hydrogen) atoms. The fraction of sp³-hybridized carbons (Fsp3) is 0.471. The van der Waals surface area contributed by atoms with Gasteiger partial charge in [-0.05, 0) is 38.0 Å². The zero-order valence-corrected chi connectivity index (χ0v) is 14.7. The minimum Gasteiger partial charge on any atom is -0.380 e. The molecule has 0 unspecified atom stereocenters. The van der Waals surface area contributed by atoms with Gasteiger partial charge < -0.3 is 9.64 Å². The van der Waals surface area contributed by atoms with Gasteiger partial charge in [-0.1, -0.05) is 12.2 Å². The predicted octanol–water partition coefficient (Wildman–Crippen LogP) is 2.03. The van der Waals surface area contributed by atoms with E-state index in [1.165, 1.54) is 17.7 Å². The highest BCUT2D eigenvalue weighted by Gasteiger charge is 2.24. The van der Waals surface area contributed by atoms with E-state index in [1.54, 1.807) is 6.07 Å². The van der Waals surface area contributed by atoms with E-state index in [0.29, 0.717) is 37.6 Å². The maximum atomic E-state index is 12.6. The first kappa shape index (κ1) is 18.5. The molecular formula is C17H23N3O3S. The summed E-state index contributed by atoms with van der Waals surface area (Å²) in [7, 11) is -3.66. The van der Waals surface area contributed by atoms with Crippen molar-refractivity contribution >= 4 is 15.7 Å². The van der Waals surface area contributed by atoms with E-state index in [2.05, 4.69) is 17.4 Å². The van der Waals surface area contributed by atoms with Crippen LogP contribution in [0.15, 0.2) is 35.2 Å². The Morgan fingerprint density at radius 2 is 2.08 bits per heavy atom. The summed E-state index contributed by atoms with van der Waals surface area (Å²) in [5.74, 6) is 0. The molecule has 0 aliphatic carbocycles. The smallest absolute Gasteiger partial charge is 0.242 e. The van der Waals surface area contributed by atoms with Crippen molar-refractivity contribution in [3.05, 3.63) is 35.9 Å². The molecule has 130 valence electrons. The van der Waals surface area contributed by atoms with Gasteiger partial charge in [0.1, 0.15) is 4.90 Å². The van der Waals surface area contributed by atoms with E-state index in [0.717, 1.165) is 12.8 Å². The van der Waals surface area contributed by atoms with Crippen molar-refractivity contribution in [1.29, 1.82) is 5.26 Å². The summed E-state index contributed by atoms with van der Waals surface area (Å²) in [5, 5.41) is 9.13. The average molecular weight is 349 g/mol. The molecule has 2 rings (SSSR count). The Balaban J connectivity index is 2.28. The van der Waals surface area contributed by atoms with Gasteiger partial charge in [-0.3, -0.25) is 0 Å². The Morgan fingerprint density at radius 1 is 1.38 bits per heavy atom. The number of benzene rings is 1. The third-order valence-electron chi connectivity index (χ3n) is 3.93. The second-order valence-corrected chi connectivity index (χ2v) is 7.36. The molecule has 0 saturated carbocycles. The average Bonchev–Trinajstić information content (AvgIpc) is 2.59. The maximum Gasteiger partial charge on any atom is 0.242 e. The number of rotatable bonds is 7. The second kappa shape index (κ2) is 8.29. The number of sulfonamides is 1. The van der Waals surface area contributed by atoms with E-state index in [4.69, 9.17) is 10.00 Å². The lowest BCUT2D eigenvalue weighted by molar-refractivity contribution is 0.153. The van der Waals surface area contributed by atoms with Crippen molar-refractivity contribution in [2.75, 3.05) is 37.7 Å². The van der Waals surface area contributed by atoms with Crippen LogP contribution in [-0.2, 0) is 14.8 Å². The normalized spacial score (nSPS) is 15.3. The first-order chi connectivity index (χ1) is 11.5. The Hall–Kier alpha value is -1.88. The van der Waals surface area contributed by atoms with Crippen molar-refractivity contribution < 1.29 is 13.2 Å². The number of ether oxygens (including phenoxy) is 1. The third-order valence-corrected chi connectivity index (χ3v) is 5.44. The molecule has 1 saturated heterocycles. The summed E-state index contributed by atoms with van der Waals surface area (Å²) >= 11 is 0. The molecule has 1 aliphatic rings. The summed E-state index contributed by atoms with van der Waals surface area (Å²) in [5.41, 5.74) is 2.19. The van der Waals surface area contributed by atoms with Gasteiger partial charge in [-0.25, -0.2) is 13.1 Å². The predicted molar refractivity (Wildman–Crippen MR) is 93.4 cm³/mol. The van der Waals surface area contributed by atoms with Crippen LogP contribution in [0, 0.1) is 11.3 Å². The van der Waals surface area contributed by atoms with Crippen molar-refractivity contribution in [1.82, 2.24) is 4.72 Å². The van der Waals surface area contributed by atoms with E-state index in [-0.39, 0.29) is 11.4 Å². The van der Waals surface area contributed by atoms with Crippen molar-refractivity contribution in [2.45, 2.75) is 24.7 Å². The minimum atomic E-state index is -3.66. The van der Waals surface area contributed by atoms with Crippen molar-refractivity contribution in [2.24, 2.45) is 0 Å². The molecule has 1 fully saturated rings. The molecule has 1 aliphatic heterocycles. The Kier molecular flexibility index (Phi) is 6.37. The summed E-state index contributed by atoms with van der Waals surface area (Å²) in [6, 6.07) is 6.75. The van der Waals surface area contributed by atoms with Crippen LogP contribution < -0.4 is 9.62 Å². The van der Waals surface area contributed by atoms with Gasteiger partial charge >= 0.3 is 0 Å². The zero-order valence-electron chi connectivity index (χ0n) is 13.9. The summed E-state index contributed by atoms with van der Waals surface area (Å²) in [6.07, 6.45) is 1.65. The van der Waals surface area contributed by atoms with Crippen LogP contribution in [0.2, 0.25) is 0 Å². The second-order valence-electron chi connectivity index (χ2n) is 5.63. The molecule has 1 heterocycles. The van der Waals surface area contributed by atoms with Gasteiger partial charge in [-0.2, -0.15) is 5.26 Å². The molecule has 1 aromatic carbocycles. The highest BCUT2D eigenvalue weighted by Crippen LogP contribution is 2.29. The van der Waals surface area contributed by atoms with Gasteiger partial charge in [-0.15, -0.1) is 0 Å². The molecule has 1 aromatic rings. The number of nitriles is 1. The SMILES string of the molecule is C=C1CCN(c2cc(C#N)ccc2S(=O)(=O)NCCOCC)CC1. The van der Waals surface area contributed by atoms with Gasteiger partial charge in [0, 0.05) is 26.2 Å². The van der Waals surface area contributed by atoms with Crippen LogP contribution in [0.25, 0.3) is 0 Å². The van der Waals surface area contributed by atoms with Gasteiger partial charge in [0.05, 0.1) is 23.9 Å². The zero-order chi connectivity index (χ0) is 17.6. The first-order valence-electron chi connectivity index (χ1n) is 8.01. The number of piperidine rings is 1. The molecule has 0 radical (unpaired) electrons. The molecule has 0 amide bonds. The Morgan fingerprint density at radius 3 is 2.71 bits per heavy atom. The fourth-order valence-electron chi connectivity index (χ4n) is 2.60. The topological polar surface area (TPSA) is 82.4 Å². The van der Waals surface area contributed by atoms with E-state index < -0.39 is 10.0 Å². The fourth-order valence-corrected chi connectivity index (χ4v) is 3.81. The number of anilines is 1. The maximum absolute atomic E-state index is 12.6. The highest BCUT2D eigenvalue weighted by molar-refractivity contribution is 7.89. The van der Waals surface area contributed by atoms with E-state index in [1.807, 2.05) is 11.8 Å². The Bertz CT molecular complexity index is 728. The molecule has 0 bridgehead atoms. The lowest BCUT2D eigenvalue weighted by Gasteiger charge is -2.31. The van der Waals surface area contributed by atoms with Gasteiger partial charge in [0.2, 0.25) is 10.0 Å². The highest BCUT2D eigenvalue weighted by atomic mass is 32.2. The van der Waals surface area contributed by atoms with Crippen LogP contribution in [0.4, 0.5) is 5.69 Å². The molecule has 0 atom stereocenters. The number of nitrogens with one attached hydrogen (secondary N) is 1. The van der Waals surface area contributed by atoms with Crippen molar-refractivity contribution in [3.63, 3.8) is 0 Å². The van der Waals surface area contributed by atoms with Crippen LogP contribution in [-0.4, -0.2) is 41.3 Å². The number of hydrogen-bond donors (Lipinski definition) is 1. The van der Waals surface area contributed by atoms with E-state index in [9.17, 15) is 8.42 Å². The lowest BCUT2D eigenvalue weighted by atomic mass is 10.0. The molecule has 0 aromatic heterocycles. The number of nitrogens with zero attached hydrogens (tertiary/aromatic N) is 2. The van der Waals surface area contributed by atoms with Gasteiger partial charge in [0.15, 0.2) is 0 Å². The largest absolute Gasteiger partial charge is 0.380 e. The van der Waals surface area contributed by atoms with Crippen LogP contribution in [0.3, 0.4) is 0 Å². The Labute approximate surface area is 143 Å². The van der Waals surface area contributed by atoms with E-state index >= 15 is 0 Å². The third kappa shape index (κ3) is 4.57. The van der Waals surface area contributed by atoms with Crippen LogP contribution >= 0.6 is 0 Å². The van der Waals surface area contributed by atoms with Gasteiger partial charge in [0.25, 0.3) is 0 Å². The monoisotopic (exact) mass is 349 g/mol. The summed E-state index contributed by atoms with van der Waals surface area (Å²) in [4.78, 5) is 2.21. The summed E-state index contributed by atoms with van der Waals surface area (Å²) in [6.45, 7) is 8.33. The standard InChI is InChI=1S/C17H23N3O3S/c1-3-23-11-8-19-24(21,22)17-5-4-15(13-18)12-16(17)20-9-6-14(2)7-10-20/h4-5,12,19H,2-3,6-11H2,1H3. The first-order valence-corrected chi connectivity index (χ1v) is 9.49. The minimum absolute atomic E-state index is 0.200. The van der Waals surface area contributed by atoms with Crippen molar-refractivity contribution in [3.8, 4) is 6.07 Å². The molecule has 6 nitrogen and oxygen atoms in total. The van der Waals surface area contributed by atoms with Crippen LogP contribution in [0.5, 0.6) is 0 Å².